The first-order chi connectivity index (χ1) is 13.0. The van der Waals surface area contributed by atoms with Crippen molar-refractivity contribution in [1.82, 2.24) is 9.88 Å². The van der Waals surface area contributed by atoms with Crippen LogP contribution in [0.4, 0.5) is 14.6 Å². The number of carbonyl (C=O) groups is 1. The van der Waals surface area contributed by atoms with Crippen LogP contribution in [0.25, 0.3) is 5.57 Å². The van der Waals surface area contributed by atoms with Crippen LogP contribution in [-0.2, 0) is 11.2 Å². The third-order valence-electron chi connectivity index (χ3n) is 4.06. The molecule has 1 aromatic carbocycles. The number of aromatic nitrogens is 1. The molecule has 0 fully saturated rings. The van der Waals surface area contributed by atoms with Gasteiger partial charge in [-0.25, -0.2) is 13.8 Å². The first kappa shape index (κ1) is 18.7. The highest BCUT2D eigenvalue weighted by Crippen LogP contribution is 2.28. The zero-order chi connectivity index (χ0) is 19.4. The Balaban J connectivity index is 1.87. The fraction of sp³-hybridized carbons (Fsp3) is 0.238. The number of hydrogen-bond acceptors (Lipinski definition) is 4. The first-order valence-corrected chi connectivity index (χ1v) is 8.50. The molecule has 0 spiro atoms. The van der Waals surface area contributed by atoms with E-state index in [-0.39, 0.29) is 17.8 Å². The fourth-order valence-electron chi connectivity index (χ4n) is 2.76. The maximum absolute atomic E-state index is 13.9. The molecule has 1 N–H and O–H groups in total. The van der Waals surface area contributed by atoms with Gasteiger partial charge in [-0.2, -0.15) is 0 Å². The zero-order valence-corrected chi connectivity index (χ0v) is 15.1. The molecular formula is C21H19F2N3O. The molecule has 0 atom stereocenters. The van der Waals surface area contributed by atoms with Crippen molar-refractivity contribution in [2.45, 2.75) is 6.42 Å². The molecule has 0 bridgehead atoms. The Morgan fingerprint density at radius 2 is 2.15 bits per heavy atom. The molecule has 6 heteroatoms. The lowest BCUT2D eigenvalue weighted by Crippen LogP contribution is -2.16. The van der Waals surface area contributed by atoms with Crippen LogP contribution >= 0.6 is 0 Å². The van der Waals surface area contributed by atoms with E-state index in [4.69, 9.17) is 0 Å². The van der Waals surface area contributed by atoms with E-state index in [1.165, 1.54) is 12.1 Å². The van der Waals surface area contributed by atoms with E-state index >= 15 is 0 Å². The van der Waals surface area contributed by atoms with Crippen molar-refractivity contribution in [3.05, 3.63) is 64.9 Å². The number of nitrogens with zero attached hydrogens (tertiary/aromatic N) is 2. The predicted molar refractivity (Wildman–Crippen MR) is 101 cm³/mol. The minimum Gasteiger partial charge on any atom is -0.366 e. The molecule has 27 heavy (non-hydrogen) atoms. The standard InChI is InChI=1S/C21H19F2N3O/c1-26(2)10-4-5-14-11-17-16(8-9-24-21(17)25-13-14)19(27)12-15-6-3-7-18(22)20(15)23/h3,6-8,11,13H,9-10,12H2,1-2H3,(H,24,25). The van der Waals surface area contributed by atoms with Gasteiger partial charge in [-0.15, -0.1) is 0 Å². The minimum atomic E-state index is -0.984. The summed E-state index contributed by atoms with van der Waals surface area (Å²) in [6, 6.07) is 5.64. The Hall–Kier alpha value is -3.04. The highest BCUT2D eigenvalue weighted by Gasteiger charge is 2.21. The molecule has 0 aliphatic carbocycles. The first-order valence-electron chi connectivity index (χ1n) is 8.50. The van der Waals surface area contributed by atoms with Crippen LogP contribution in [0.2, 0.25) is 0 Å². The van der Waals surface area contributed by atoms with E-state index in [1.54, 1.807) is 18.3 Å². The number of nitrogens with one attached hydrogen (secondary N) is 1. The van der Waals surface area contributed by atoms with Crippen LogP contribution in [0.5, 0.6) is 0 Å². The van der Waals surface area contributed by atoms with Crippen LogP contribution in [0.1, 0.15) is 16.7 Å². The van der Waals surface area contributed by atoms with Gasteiger partial charge in [0.25, 0.3) is 0 Å². The quantitative estimate of drug-likeness (QED) is 0.844. The molecule has 0 saturated heterocycles. The number of hydrogen-bond donors (Lipinski definition) is 1. The largest absolute Gasteiger partial charge is 0.366 e. The van der Waals surface area contributed by atoms with Crippen molar-refractivity contribution < 1.29 is 13.6 Å². The van der Waals surface area contributed by atoms with Gasteiger partial charge in [0, 0.05) is 35.9 Å². The van der Waals surface area contributed by atoms with E-state index in [0.29, 0.717) is 35.6 Å². The molecule has 0 unspecified atom stereocenters. The topological polar surface area (TPSA) is 45.2 Å². The normalized spacial score (nSPS) is 12.6. The second-order valence-electron chi connectivity index (χ2n) is 6.47. The summed E-state index contributed by atoms with van der Waals surface area (Å²) >= 11 is 0. The molecule has 0 saturated carbocycles. The maximum atomic E-state index is 13.9. The van der Waals surface area contributed by atoms with E-state index in [0.717, 1.165) is 6.07 Å². The number of benzene rings is 1. The van der Waals surface area contributed by atoms with Crippen LogP contribution in [-0.4, -0.2) is 42.9 Å². The number of ketones is 1. The van der Waals surface area contributed by atoms with Crippen molar-refractivity contribution in [2.24, 2.45) is 0 Å². The predicted octanol–water partition coefficient (Wildman–Crippen LogP) is 2.89. The van der Waals surface area contributed by atoms with Gasteiger partial charge in [-0.3, -0.25) is 9.69 Å². The molecule has 4 nitrogen and oxygen atoms in total. The lowest BCUT2D eigenvalue weighted by atomic mass is 9.94. The molecule has 3 rings (SSSR count). The molecule has 1 aromatic heterocycles. The van der Waals surface area contributed by atoms with Crippen molar-refractivity contribution >= 4 is 17.2 Å². The second-order valence-corrected chi connectivity index (χ2v) is 6.47. The minimum absolute atomic E-state index is 0.0378. The molecule has 1 aliphatic heterocycles. The average molecular weight is 367 g/mol. The highest BCUT2D eigenvalue weighted by atomic mass is 19.2. The van der Waals surface area contributed by atoms with Gasteiger partial charge in [0.15, 0.2) is 17.4 Å². The summed E-state index contributed by atoms with van der Waals surface area (Å²) in [5.41, 5.74) is 1.79. The molecule has 2 heterocycles. The van der Waals surface area contributed by atoms with Crippen molar-refractivity contribution in [3.8, 4) is 11.8 Å². The summed E-state index contributed by atoms with van der Waals surface area (Å²) in [7, 11) is 3.85. The van der Waals surface area contributed by atoms with E-state index in [1.807, 2.05) is 19.0 Å². The maximum Gasteiger partial charge on any atom is 0.167 e. The Bertz CT molecular complexity index is 971. The van der Waals surface area contributed by atoms with Crippen LogP contribution < -0.4 is 5.32 Å². The summed E-state index contributed by atoms with van der Waals surface area (Å²) in [6.45, 7) is 1.05. The molecule has 138 valence electrons. The van der Waals surface area contributed by atoms with Crippen molar-refractivity contribution in [1.29, 1.82) is 0 Å². The number of fused-ring (bicyclic) bond motifs is 1. The number of rotatable bonds is 4. The van der Waals surface area contributed by atoms with Gasteiger partial charge in [0.1, 0.15) is 5.82 Å². The zero-order valence-electron chi connectivity index (χ0n) is 15.1. The molecule has 2 aromatic rings. The third-order valence-corrected chi connectivity index (χ3v) is 4.06. The summed E-state index contributed by atoms with van der Waals surface area (Å²) in [5, 5.41) is 3.10. The molecule has 1 aliphatic rings. The smallest absolute Gasteiger partial charge is 0.167 e. The SMILES string of the molecule is CN(C)CC#Cc1cnc2c(c1)C(C(=O)Cc1cccc(F)c1F)=CCN2. The monoisotopic (exact) mass is 367 g/mol. The molecule has 0 amide bonds. The van der Waals surface area contributed by atoms with E-state index < -0.39 is 11.6 Å². The second kappa shape index (κ2) is 8.11. The van der Waals surface area contributed by atoms with Crippen LogP contribution in [0.3, 0.4) is 0 Å². The Morgan fingerprint density at radius 1 is 1.33 bits per heavy atom. The summed E-state index contributed by atoms with van der Waals surface area (Å²) < 4.78 is 27.3. The summed E-state index contributed by atoms with van der Waals surface area (Å²) in [6.07, 6.45) is 3.17. The number of Topliss-reactive ketones (excluding diaryl/α,β-unsaturated/α-hetero) is 1. The average Bonchev–Trinajstić information content (AvgIpc) is 2.64. The molecular weight excluding hydrogens is 348 g/mol. The van der Waals surface area contributed by atoms with Gasteiger partial charge in [-0.05, 0) is 31.8 Å². The molecule has 0 radical (unpaired) electrons. The third kappa shape index (κ3) is 4.39. The lowest BCUT2D eigenvalue weighted by molar-refractivity contribution is -0.113. The Kier molecular flexibility index (Phi) is 5.63. The highest BCUT2D eigenvalue weighted by molar-refractivity contribution is 6.23. The van der Waals surface area contributed by atoms with E-state index in [9.17, 15) is 13.6 Å². The van der Waals surface area contributed by atoms with Gasteiger partial charge in [0.2, 0.25) is 0 Å². The van der Waals surface area contributed by atoms with Gasteiger partial charge < -0.3 is 5.32 Å². The lowest BCUT2D eigenvalue weighted by Gasteiger charge is -2.18. The summed E-state index contributed by atoms with van der Waals surface area (Å²) in [4.78, 5) is 19.0. The van der Waals surface area contributed by atoms with Gasteiger partial charge in [-0.1, -0.05) is 30.0 Å². The Morgan fingerprint density at radius 3 is 2.93 bits per heavy atom. The van der Waals surface area contributed by atoms with Gasteiger partial charge in [0.05, 0.1) is 6.54 Å². The van der Waals surface area contributed by atoms with Crippen LogP contribution in [0.15, 0.2) is 36.5 Å². The Labute approximate surface area is 156 Å². The van der Waals surface area contributed by atoms with Crippen molar-refractivity contribution in [3.63, 3.8) is 0 Å². The number of allylic oxidation sites excluding steroid dienone is 1. The number of carbonyl (C=O) groups excluding carboxylic acids is 1. The van der Waals surface area contributed by atoms with Gasteiger partial charge >= 0.3 is 0 Å². The number of pyridine rings is 1. The number of anilines is 1. The van der Waals surface area contributed by atoms with Crippen molar-refractivity contribution in [2.75, 3.05) is 32.5 Å². The summed E-state index contributed by atoms with van der Waals surface area (Å²) in [5.74, 6) is 4.40. The van der Waals surface area contributed by atoms with Crippen LogP contribution in [0, 0.1) is 23.5 Å². The van der Waals surface area contributed by atoms with E-state index in [2.05, 4.69) is 22.1 Å². The fourth-order valence-corrected chi connectivity index (χ4v) is 2.76. The number of halogens is 2.